The third-order valence-corrected chi connectivity index (χ3v) is 12.1. The van der Waals surface area contributed by atoms with Crippen LogP contribution >= 0.6 is 14.8 Å². The van der Waals surface area contributed by atoms with E-state index in [1.807, 2.05) is 0 Å². The Hall–Kier alpha value is 0.430. The van der Waals surface area contributed by atoms with Gasteiger partial charge in [0.05, 0.1) is 20.6 Å². The molecular formula is C24H41BrO2S. The van der Waals surface area contributed by atoms with E-state index in [1.54, 1.807) is 0 Å². The van der Waals surface area contributed by atoms with Crippen molar-refractivity contribution in [1.82, 2.24) is 0 Å². The Labute approximate surface area is 181 Å². The van der Waals surface area contributed by atoms with Crippen LogP contribution in [0.5, 0.6) is 0 Å². The molecule has 0 heterocycles. The Balaban J connectivity index is 1.46. The van der Waals surface area contributed by atoms with E-state index >= 15 is 0 Å². The molecular weight excluding hydrogens is 432 g/mol. The molecule has 4 saturated carbocycles. The second-order valence-electron chi connectivity index (χ2n) is 11.5. The summed E-state index contributed by atoms with van der Waals surface area (Å²) in [6, 6.07) is 0. The van der Waals surface area contributed by atoms with Crippen LogP contribution < -0.4 is 0 Å². The number of halogens is 1. The highest BCUT2D eigenvalue weighted by Crippen LogP contribution is 2.68. The molecule has 0 unspecified atom stereocenters. The van der Waals surface area contributed by atoms with E-state index in [1.165, 1.54) is 64.2 Å². The van der Waals surface area contributed by atoms with Gasteiger partial charge in [0, 0.05) is 0 Å². The molecule has 0 aromatic carbocycles. The minimum absolute atomic E-state index is 0.286. The second-order valence-corrected chi connectivity index (χ2v) is 15.9. The van der Waals surface area contributed by atoms with E-state index in [0.717, 1.165) is 42.4 Å². The molecule has 0 aromatic heterocycles. The molecule has 4 aliphatic rings. The van der Waals surface area contributed by atoms with Crippen LogP contribution in [0.1, 0.15) is 97.8 Å². The number of hydrogen-bond donors (Lipinski definition) is 0. The minimum atomic E-state index is -3.00. The molecule has 0 saturated heterocycles. The van der Waals surface area contributed by atoms with Crippen LogP contribution in [0.3, 0.4) is 0 Å². The lowest BCUT2D eigenvalue weighted by Gasteiger charge is -2.61. The Morgan fingerprint density at radius 3 is 2.43 bits per heavy atom. The summed E-state index contributed by atoms with van der Waals surface area (Å²) in [5, 5.41) is 0. The molecule has 8 atom stereocenters. The summed E-state index contributed by atoms with van der Waals surface area (Å²) in [6.45, 7) is 7.70. The van der Waals surface area contributed by atoms with Gasteiger partial charge in [-0.3, -0.25) is 0 Å². The fourth-order valence-electron chi connectivity index (χ4n) is 9.05. The monoisotopic (exact) mass is 472 g/mol. The molecule has 0 amide bonds. The zero-order chi connectivity index (χ0) is 20.2. The summed E-state index contributed by atoms with van der Waals surface area (Å²) in [6.07, 6.45) is 16.5. The Bertz CT molecular complexity index is 676. The fraction of sp³-hybridized carbons (Fsp3) is 1.00. The van der Waals surface area contributed by atoms with Gasteiger partial charge in [-0.2, -0.15) is 0 Å². The van der Waals surface area contributed by atoms with Crippen molar-refractivity contribution < 1.29 is 8.42 Å². The normalized spacial score (nSPS) is 47.1. The van der Waals surface area contributed by atoms with Gasteiger partial charge in [-0.05, 0) is 111 Å². The molecule has 4 fully saturated rings. The Morgan fingerprint density at radius 2 is 1.68 bits per heavy atom. The molecule has 0 aromatic rings. The van der Waals surface area contributed by atoms with Crippen LogP contribution in [-0.4, -0.2) is 14.2 Å². The Kier molecular flexibility index (Phi) is 6.06. The first kappa shape index (κ1) is 21.7. The quantitative estimate of drug-likeness (QED) is 0.397. The van der Waals surface area contributed by atoms with Crippen molar-refractivity contribution in [3.63, 3.8) is 0 Å². The predicted molar refractivity (Wildman–Crippen MR) is 121 cm³/mol. The van der Waals surface area contributed by atoms with Gasteiger partial charge < -0.3 is 0 Å². The zero-order valence-corrected chi connectivity index (χ0v) is 20.7. The molecule has 28 heavy (non-hydrogen) atoms. The zero-order valence-electron chi connectivity index (χ0n) is 18.3. The lowest BCUT2D eigenvalue weighted by Crippen LogP contribution is -2.53. The van der Waals surface area contributed by atoms with Gasteiger partial charge in [-0.25, -0.2) is 8.42 Å². The molecule has 0 spiro atoms. The summed E-state index contributed by atoms with van der Waals surface area (Å²) in [7, 11) is -3.00. The van der Waals surface area contributed by atoms with Gasteiger partial charge in [0.15, 0.2) is 0 Å². The summed E-state index contributed by atoms with van der Waals surface area (Å²) < 4.78 is 22.9. The van der Waals surface area contributed by atoms with Crippen LogP contribution in [0.4, 0.5) is 0 Å². The molecule has 2 nitrogen and oxygen atoms in total. The van der Waals surface area contributed by atoms with Crippen molar-refractivity contribution in [3.05, 3.63) is 0 Å². The second kappa shape index (κ2) is 7.84. The SMILES string of the molecule is C[C@H](CCCS(=O)(=O)Br)[C@H]1CC[C@H]2[C@@H]3CC[C@@H]4CCCC[C@]4(C)[C@H]3CC[C@]12C. The van der Waals surface area contributed by atoms with Crippen LogP contribution in [0.25, 0.3) is 0 Å². The molecule has 0 radical (unpaired) electrons. The van der Waals surface area contributed by atoms with E-state index < -0.39 is 8.27 Å². The van der Waals surface area contributed by atoms with Gasteiger partial charge >= 0.3 is 0 Å². The van der Waals surface area contributed by atoms with Crippen LogP contribution in [0.2, 0.25) is 0 Å². The average molecular weight is 474 g/mol. The van der Waals surface area contributed by atoms with Crippen molar-refractivity contribution >= 4 is 23.1 Å². The van der Waals surface area contributed by atoms with E-state index in [0.29, 0.717) is 16.7 Å². The number of hydrogen-bond acceptors (Lipinski definition) is 2. The lowest BCUT2D eigenvalue weighted by molar-refractivity contribution is -0.114. The molecule has 4 heteroatoms. The lowest BCUT2D eigenvalue weighted by atomic mass is 9.44. The van der Waals surface area contributed by atoms with E-state index in [-0.39, 0.29) is 5.75 Å². The summed E-state index contributed by atoms with van der Waals surface area (Å²) in [5.41, 5.74) is 1.14. The smallest absolute Gasteiger partial charge is 0.209 e. The fourth-order valence-corrected chi connectivity index (χ4v) is 10.2. The topological polar surface area (TPSA) is 34.1 Å². The highest BCUT2D eigenvalue weighted by molar-refractivity contribution is 9.47. The van der Waals surface area contributed by atoms with Gasteiger partial charge in [-0.15, -0.1) is 0 Å². The van der Waals surface area contributed by atoms with Crippen molar-refractivity contribution in [3.8, 4) is 0 Å². The van der Waals surface area contributed by atoms with Crippen LogP contribution in [0, 0.1) is 46.3 Å². The summed E-state index contributed by atoms with van der Waals surface area (Å²) in [4.78, 5) is 0. The van der Waals surface area contributed by atoms with Gasteiger partial charge in [-0.1, -0.05) is 33.6 Å². The maximum Gasteiger partial charge on any atom is 0.209 e. The van der Waals surface area contributed by atoms with E-state index in [2.05, 4.69) is 35.6 Å². The molecule has 0 N–H and O–H groups in total. The summed E-state index contributed by atoms with van der Waals surface area (Å²) in [5.74, 6) is 5.63. The van der Waals surface area contributed by atoms with Crippen molar-refractivity contribution in [2.75, 3.05) is 5.75 Å². The summed E-state index contributed by atoms with van der Waals surface area (Å²) >= 11 is 2.82. The number of fused-ring (bicyclic) bond motifs is 5. The van der Waals surface area contributed by atoms with Crippen LogP contribution in [0.15, 0.2) is 0 Å². The molecule has 4 rings (SSSR count). The molecule has 0 bridgehead atoms. The van der Waals surface area contributed by atoms with Crippen molar-refractivity contribution in [2.45, 2.75) is 97.8 Å². The molecule has 162 valence electrons. The number of rotatable bonds is 5. The van der Waals surface area contributed by atoms with Gasteiger partial charge in [0.2, 0.25) is 8.27 Å². The molecule has 0 aliphatic heterocycles. The predicted octanol–water partition coefficient (Wildman–Crippen LogP) is 7.18. The standard InChI is InChI=1S/C24H41BrO2S/c1-17(7-6-16-28(25,26)27)20-11-12-21-19-10-9-18-8-4-5-14-23(18,2)22(19)13-15-24(20,21)3/h17-22H,4-16H2,1-3H3/t17-,18+,19+,20-,21+,22+,23+,24-/m1/s1. The first-order valence-corrected chi connectivity index (χ1v) is 15.6. The third kappa shape index (κ3) is 3.76. The highest BCUT2D eigenvalue weighted by Gasteiger charge is 2.59. The highest BCUT2D eigenvalue weighted by atomic mass is 79.9. The van der Waals surface area contributed by atoms with Gasteiger partial charge in [0.1, 0.15) is 0 Å². The minimum Gasteiger partial charge on any atom is -0.217 e. The average Bonchev–Trinajstić information content (AvgIpc) is 2.97. The Morgan fingerprint density at radius 1 is 0.929 bits per heavy atom. The van der Waals surface area contributed by atoms with Gasteiger partial charge in [0.25, 0.3) is 0 Å². The third-order valence-electron chi connectivity index (χ3n) is 10.4. The molecule has 4 aliphatic carbocycles. The van der Waals surface area contributed by atoms with Crippen molar-refractivity contribution in [2.24, 2.45) is 46.3 Å². The van der Waals surface area contributed by atoms with E-state index in [9.17, 15) is 8.42 Å². The van der Waals surface area contributed by atoms with Crippen molar-refractivity contribution in [1.29, 1.82) is 0 Å². The maximum atomic E-state index is 11.4. The maximum absolute atomic E-state index is 11.4. The first-order valence-electron chi connectivity index (χ1n) is 12.1. The first-order chi connectivity index (χ1) is 13.2. The van der Waals surface area contributed by atoms with Crippen LogP contribution in [-0.2, 0) is 8.27 Å². The largest absolute Gasteiger partial charge is 0.217 e. The van der Waals surface area contributed by atoms with E-state index in [4.69, 9.17) is 0 Å².